The molecule has 28 heavy (non-hydrogen) atoms. The van der Waals surface area contributed by atoms with E-state index in [2.05, 4.69) is 0 Å². The van der Waals surface area contributed by atoms with Gasteiger partial charge >= 0.3 is 6.18 Å². The van der Waals surface area contributed by atoms with Crippen LogP contribution in [-0.4, -0.2) is 54.5 Å². The summed E-state index contributed by atoms with van der Waals surface area (Å²) >= 11 is 1.48. The predicted octanol–water partition coefficient (Wildman–Crippen LogP) is 3.98. The Hall–Kier alpha value is -1.74. The molecule has 0 amide bonds. The van der Waals surface area contributed by atoms with Gasteiger partial charge in [0.15, 0.2) is 0 Å². The van der Waals surface area contributed by atoms with E-state index in [1.165, 1.54) is 23.9 Å². The summed E-state index contributed by atoms with van der Waals surface area (Å²) in [7, 11) is 0. The summed E-state index contributed by atoms with van der Waals surface area (Å²) in [6, 6.07) is 11.6. The van der Waals surface area contributed by atoms with Crippen molar-refractivity contribution in [2.75, 3.05) is 44.3 Å². The van der Waals surface area contributed by atoms with Gasteiger partial charge in [-0.1, -0.05) is 23.9 Å². The first kappa shape index (κ1) is 21.0. The number of para-hydroxylation sites is 1. The number of alkyl halides is 3. The zero-order valence-electron chi connectivity index (χ0n) is 15.3. The van der Waals surface area contributed by atoms with Gasteiger partial charge in [0.05, 0.1) is 30.2 Å². The Labute approximate surface area is 166 Å². The number of aliphatic hydroxyl groups is 2. The highest BCUT2D eigenvalue weighted by Crippen LogP contribution is 2.49. The fourth-order valence-corrected chi connectivity index (χ4v) is 4.39. The fourth-order valence-electron chi connectivity index (χ4n) is 3.32. The highest BCUT2D eigenvalue weighted by atomic mass is 32.2. The largest absolute Gasteiger partial charge is 0.416 e. The summed E-state index contributed by atoms with van der Waals surface area (Å²) < 4.78 is 39.7. The lowest BCUT2D eigenvalue weighted by Gasteiger charge is -2.34. The molecule has 1 aliphatic rings. The maximum absolute atomic E-state index is 13.2. The van der Waals surface area contributed by atoms with Gasteiger partial charge in [-0.3, -0.25) is 4.90 Å². The molecule has 4 nitrogen and oxygen atoms in total. The third-order valence-corrected chi connectivity index (χ3v) is 5.77. The zero-order chi connectivity index (χ0) is 20.1. The van der Waals surface area contributed by atoms with Crippen LogP contribution < -0.4 is 4.90 Å². The van der Waals surface area contributed by atoms with Gasteiger partial charge < -0.3 is 15.1 Å². The van der Waals surface area contributed by atoms with Crippen LogP contribution in [0.5, 0.6) is 0 Å². The third-order valence-electron chi connectivity index (χ3n) is 4.64. The lowest BCUT2D eigenvalue weighted by Crippen LogP contribution is -2.33. The van der Waals surface area contributed by atoms with Crippen molar-refractivity contribution in [1.29, 1.82) is 0 Å². The minimum Gasteiger partial charge on any atom is -0.395 e. The maximum Gasteiger partial charge on any atom is 0.416 e. The van der Waals surface area contributed by atoms with Crippen molar-refractivity contribution < 1.29 is 23.4 Å². The fraction of sp³-hybridized carbons (Fsp3) is 0.400. The van der Waals surface area contributed by atoms with Crippen molar-refractivity contribution >= 4 is 23.1 Å². The van der Waals surface area contributed by atoms with Crippen LogP contribution in [-0.2, 0) is 6.18 Å². The molecule has 0 radical (unpaired) electrons. The molecule has 152 valence electrons. The number of nitrogens with zero attached hydrogens (tertiary/aromatic N) is 2. The monoisotopic (exact) mass is 412 g/mol. The Morgan fingerprint density at radius 3 is 2.25 bits per heavy atom. The van der Waals surface area contributed by atoms with Gasteiger partial charge in [0, 0.05) is 36.0 Å². The van der Waals surface area contributed by atoms with Gasteiger partial charge in [-0.2, -0.15) is 13.2 Å². The first-order chi connectivity index (χ1) is 13.4. The van der Waals surface area contributed by atoms with E-state index in [9.17, 15) is 13.2 Å². The van der Waals surface area contributed by atoms with Gasteiger partial charge in [0.25, 0.3) is 0 Å². The number of anilines is 2. The molecule has 0 saturated heterocycles. The second kappa shape index (κ2) is 9.17. The second-order valence-corrected chi connectivity index (χ2v) is 7.63. The van der Waals surface area contributed by atoms with E-state index >= 15 is 0 Å². The molecule has 0 bridgehead atoms. The molecule has 1 heterocycles. The number of halogens is 3. The molecule has 2 aromatic carbocycles. The van der Waals surface area contributed by atoms with Crippen LogP contribution >= 0.6 is 11.8 Å². The van der Waals surface area contributed by atoms with Crippen molar-refractivity contribution in [3.8, 4) is 0 Å². The van der Waals surface area contributed by atoms with Gasteiger partial charge in [-0.15, -0.1) is 0 Å². The summed E-state index contributed by atoms with van der Waals surface area (Å²) in [6.07, 6.45) is -3.70. The van der Waals surface area contributed by atoms with E-state index in [-0.39, 0.29) is 13.2 Å². The molecule has 0 atom stereocenters. The third kappa shape index (κ3) is 4.81. The first-order valence-electron chi connectivity index (χ1n) is 9.14. The molecule has 2 N–H and O–H groups in total. The minimum atomic E-state index is -4.39. The van der Waals surface area contributed by atoms with Crippen LogP contribution in [0.2, 0.25) is 0 Å². The zero-order valence-corrected chi connectivity index (χ0v) is 16.1. The summed E-state index contributed by atoms with van der Waals surface area (Å²) in [5.41, 5.74) is 0.808. The molecule has 8 heteroatoms. The standard InChI is InChI=1S/C20H23F3N2O2S/c21-20(22,23)15-6-7-19-17(14-15)25(16-4-1-2-5-18(16)28-19)9-3-8-24(10-12-26)11-13-27/h1-2,4-7,14,26-27H,3,8-13H2. The molecule has 2 aromatic rings. The topological polar surface area (TPSA) is 46.9 Å². The van der Waals surface area contributed by atoms with E-state index in [0.29, 0.717) is 38.3 Å². The van der Waals surface area contributed by atoms with E-state index in [4.69, 9.17) is 10.2 Å². The predicted molar refractivity (Wildman–Crippen MR) is 104 cm³/mol. The van der Waals surface area contributed by atoms with E-state index < -0.39 is 11.7 Å². The normalized spacial score (nSPS) is 13.6. The van der Waals surface area contributed by atoms with Crippen LogP contribution in [0.3, 0.4) is 0 Å². The van der Waals surface area contributed by atoms with Crippen LogP contribution in [0.25, 0.3) is 0 Å². The molecule has 3 rings (SSSR count). The lowest BCUT2D eigenvalue weighted by molar-refractivity contribution is -0.137. The summed E-state index contributed by atoms with van der Waals surface area (Å²) in [6.45, 7) is 2.10. The van der Waals surface area contributed by atoms with Crippen molar-refractivity contribution in [3.05, 3.63) is 48.0 Å². The van der Waals surface area contributed by atoms with E-state index in [1.807, 2.05) is 34.1 Å². The summed E-state index contributed by atoms with van der Waals surface area (Å²) in [4.78, 5) is 5.69. The van der Waals surface area contributed by atoms with Crippen molar-refractivity contribution in [2.45, 2.75) is 22.4 Å². The number of hydrogen-bond acceptors (Lipinski definition) is 5. The number of rotatable bonds is 8. The van der Waals surface area contributed by atoms with Crippen molar-refractivity contribution in [1.82, 2.24) is 4.90 Å². The molecule has 0 unspecified atom stereocenters. The molecule has 0 fully saturated rings. The first-order valence-corrected chi connectivity index (χ1v) is 9.95. The van der Waals surface area contributed by atoms with Gasteiger partial charge in [0.2, 0.25) is 0 Å². The number of hydrogen-bond donors (Lipinski definition) is 2. The highest BCUT2D eigenvalue weighted by Gasteiger charge is 2.33. The van der Waals surface area contributed by atoms with Gasteiger partial charge in [-0.05, 0) is 36.8 Å². The Kier molecular flexibility index (Phi) is 6.87. The van der Waals surface area contributed by atoms with Gasteiger partial charge in [-0.25, -0.2) is 0 Å². The summed E-state index contributed by atoms with van der Waals surface area (Å²) in [5.74, 6) is 0. The Morgan fingerprint density at radius 2 is 1.57 bits per heavy atom. The molecule has 1 aliphatic heterocycles. The van der Waals surface area contributed by atoms with Crippen LogP contribution in [0, 0.1) is 0 Å². The van der Waals surface area contributed by atoms with Crippen molar-refractivity contribution in [3.63, 3.8) is 0 Å². The SMILES string of the molecule is OCCN(CCO)CCCN1c2ccccc2Sc2ccc(C(F)(F)F)cc21. The van der Waals surface area contributed by atoms with Crippen LogP contribution in [0.4, 0.5) is 24.5 Å². The molecular formula is C20H23F3N2O2S. The van der Waals surface area contributed by atoms with Crippen molar-refractivity contribution in [2.24, 2.45) is 0 Å². The van der Waals surface area contributed by atoms with Crippen LogP contribution in [0.15, 0.2) is 52.3 Å². The number of fused-ring (bicyclic) bond motifs is 2. The Balaban J connectivity index is 1.85. The Morgan fingerprint density at radius 1 is 0.893 bits per heavy atom. The van der Waals surface area contributed by atoms with Crippen LogP contribution in [0.1, 0.15) is 12.0 Å². The quantitative estimate of drug-likeness (QED) is 0.687. The average Bonchev–Trinajstić information content (AvgIpc) is 2.66. The lowest BCUT2D eigenvalue weighted by atomic mass is 10.1. The molecule has 0 saturated carbocycles. The average molecular weight is 412 g/mol. The molecule has 0 aliphatic carbocycles. The molecule has 0 spiro atoms. The molecule has 0 aromatic heterocycles. The second-order valence-electron chi connectivity index (χ2n) is 6.54. The van der Waals surface area contributed by atoms with E-state index in [0.717, 1.165) is 21.5 Å². The Bertz CT molecular complexity index is 795. The maximum atomic E-state index is 13.2. The summed E-state index contributed by atoms with van der Waals surface area (Å²) in [5, 5.41) is 18.3. The minimum absolute atomic E-state index is 0.000956. The highest BCUT2D eigenvalue weighted by molar-refractivity contribution is 7.99. The smallest absolute Gasteiger partial charge is 0.395 e. The number of benzene rings is 2. The number of aliphatic hydroxyl groups excluding tert-OH is 2. The van der Waals surface area contributed by atoms with Gasteiger partial charge in [0.1, 0.15) is 0 Å². The van der Waals surface area contributed by atoms with E-state index in [1.54, 1.807) is 0 Å². The molecular weight excluding hydrogens is 389 g/mol.